The van der Waals surface area contributed by atoms with E-state index in [1.54, 1.807) is 26.4 Å². The second-order valence-electron chi connectivity index (χ2n) is 2.58. The third-order valence-electron chi connectivity index (χ3n) is 1.72. The average molecular weight is 202 g/mol. The Kier molecular flexibility index (Phi) is 3.54. The molecule has 0 heterocycles. The molecule has 0 aliphatic carbocycles. The van der Waals surface area contributed by atoms with Crippen LogP contribution in [0.3, 0.4) is 0 Å². The summed E-state index contributed by atoms with van der Waals surface area (Å²) in [4.78, 5) is 0. The van der Waals surface area contributed by atoms with Crippen molar-refractivity contribution < 1.29 is 9.47 Å². The first-order valence-electron chi connectivity index (χ1n) is 3.79. The minimum Gasteiger partial charge on any atom is -0.398 e. The molecular formula is C9H12ClNO2. The Hall–Kier alpha value is -0.770. The van der Waals surface area contributed by atoms with E-state index in [0.29, 0.717) is 10.7 Å². The lowest BCUT2D eigenvalue weighted by molar-refractivity contribution is -0.105. The van der Waals surface area contributed by atoms with Gasteiger partial charge in [-0.2, -0.15) is 0 Å². The largest absolute Gasteiger partial charge is 0.398 e. The van der Waals surface area contributed by atoms with E-state index < -0.39 is 0 Å². The molecule has 4 heteroatoms. The molecule has 0 aliphatic rings. The zero-order valence-corrected chi connectivity index (χ0v) is 8.34. The SMILES string of the molecule is COC(OC)c1ccc(Cl)c(N)c1. The number of methoxy groups -OCH3 is 2. The Morgan fingerprint density at radius 3 is 2.38 bits per heavy atom. The van der Waals surface area contributed by atoms with E-state index >= 15 is 0 Å². The van der Waals surface area contributed by atoms with Crippen LogP contribution in [0.25, 0.3) is 0 Å². The third-order valence-corrected chi connectivity index (χ3v) is 2.06. The van der Waals surface area contributed by atoms with Gasteiger partial charge in [-0.1, -0.05) is 17.7 Å². The fourth-order valence-corrected chi connectivity index (χ4v) is 1.19. The van der Waals surface area contributed by atoms with Gasteiger partial charge in [0.05, 0.1) is 10.7 Å². The second-order valence-corrected chi connectivity index (χ2v) is 2.99. The summed E-state index contributed by atoms with van der Waals surface area (Å²) in [6.45, 7) is 0. The van der Waals surface area contributed by atoms with Gasteiger partial charge in [-0.05, 0) is 12.1 Å². The zero-order valence-electron chi connectivity index (χ0n) is 7.58. The monoisotopic (exact) mass is 201 g/mol. The number of nitrogen functional groups attached to an aromatic ring is 1. The molecule has 0 unspecified atom stereocenters. The summed E-state index contributed by atoms with van der Waals surface area (Å²) in [6, 6.07) is 5.27. The van der Waals surface area contributed by atoms with E-state index in [-0.39, 0.29) is 6.29 Å². The summed E-state index contributed by atoms with van der Waals surface area (Å²) in [6.07, 6.45) is -0.389. The van der Waals surface area contributed by atoms with Gasteiger partial charge in [-0.15, -0.1) is 0 Å². The highest BCUT2D eigenvalue weighted by Gasteiger charge is 2.09. The topological polar surface area (TPSA) is 44.5 Å². The summed E-state index contributed by atoms with van der Waals surface area (Å²) >= 11 is 5.77. The molecule has 13 heavy (non-hydrogen) atoms. The molecular weight excluding hydrogens is 190 g/mol. The molecule has 0 spiro atoms. The first-order valence-corrected chi connectivity index (χ1v) is 4.17. The van der Waals surface area contributed by atoms with Crippen molar-refractivity contribution >= 4 is 17.3 Å². The van der Waals surface area contributed by atoms with Crippen molar-refractivity contribution in [3.63, 3.8) is 0 Å². The van der Waals surface area contributed by atoms with Gasteiger partial charge in [-0.3, -0.25) is 0 Å². The first kappa shape index (κ1) is 10.3. The summed E-state index contributed by atoms with van der Waals surface area (Å²) in [5.74, 6) is 0. The molecule has 0 fully saturated rings. The summed E-state index contributed by atoms with van der Waals surface area (Å²) in [7, 11) is 3.14. The van der Waals surface area contributed by atoms with Gasteiger partial charge in [0.25, 0.3) is 0 Å². The van der Waals surface area contributed by atoms with Crippen LogP contribution in [0.2, 0.25) is 5.02 Å². The number of benzene rings is 1. The summed E-state index contributed by atoms with van der Waals surface area (Å²) in [5, 5.41) is 0.537. The lowest BCUT2D eigenvalue weighted by atomic mass is 10.2. The van der Waals surface area contributed by atoms with Gasteiger partial charge in [0.15, 0.2) is 6.29 Å². The Morgan fingerprint density at radius 1 is 1.31 bits per heavy atom. The third kappa shape index (κ3) is 2.34. The fraction of sp³-hybridized carbons (Fsp3) is 0.333. The molecule has 0 aliphatic heterocycles. The molecule has 1 aromatic rings. The van der Waals surface area contributed by atoms with Gasteiger partial charge in [-0.25, -0.2) is 0 Å². The van der Waals surface area contributed by atoms with E-state index in [2.05, 4.69) is 0 Å². The highest BCUT2D eigenvalue weighted by molar-refractivity contribution is 6.33. The van der Waals surface area contributed by atoms with Crippen molar-refractivity contribution in [3.05, 3.63) is 28.8 Å². The van der Waals surface area contributed by atoms with Crippen LogP contribution >= 0.6 is 11.6 Å². The summed E-state index contributed by atoms with van der Waals surface area (Å²) < 4.78 is 10.1. The maximum Gasteiger partial charge on any atom is 0.183 e. The van der Waals surface area contributed by atoms with Crippen molar-refractivity contribution in [2.24, 2.45) is 0 Å². The highest BCUT2D eigenvalue weighted by Crippen LogP contribution is 2.24. The van der Waals surface area contributed by atoms with E-state index in [4.69, 9.17) is 26.8 Å². The van der Waals surface area contributed by atoms with Gasteiger partial charge in [0, 0.05) is 19.8 Å². The van der Waals surface area contributed by atoms with Crippen LogP contribution in [0.1, 0.15) is 11.9 Å². The summed E-state index contributed by atoms with van der Waals surface area (Å²) in [5.41, 5.74) is 7.00. The van der Waals surface area contributed by atoms with Crippen LogP contribution < -0.4 is 5.73 Å². The maximum absolute atomic E-state index is 5.77. The lowest BCUT2D eigenvalue weighted by Crippen LogP contribution is -2.04. The highest BCUT2D eigenvalue weighted by atomic mass is 35.5. The molecule has 0 bridgehead atoms. The van der Waals surface area contributed by atoms with Crippen molar-refractivity contribution in [2.45, 2.75) is 6.29 Å². The first-order chi connectivity index (χ1) is 6.19. The smallest absolute Gasteiger partial charge is 0.183 e. The molecule has 0 amide bonds. The van der Waals surface area contributed by atoms with Gasteiger partial charge in [0.2, 0.25) is 0 Å². The molecule has 0 saturated carbocycles. The Morgan fingerprint density at radius 2 is 1.92 bits per heavy atom. The molecule has 1 rings (SSSR count). The molecule has 3 nitrogen and oxygen atoms in total. The number of halogens is 1. The molecule has 72 valence electrons. The number of hydrogen-bond donors (Lipinski definition) is 1. The normalized spacial score (nSPS) is 10.8. The minimum atomic E-state index is -0.389. The molecule has 1 aromatic carbocycles. The van der Waals surface area contributed by atoms with Crippen molar-refractivity contribution in [3.8, 4) is 0 Å². The van der Waals surface area contributed by atoms with Crippen molar-refractivity contribution in [1.82, 2.24) is 0 Å². The number of ether oxygens (including phenoxy) is 2. The van der Waals surface area contributed by atoms with Gasteiger partial charge < -0.3 is 15.2 Å². The Bertz CT molecular complexity index is 287. The molecule has 0 aromatic heterocycles. The van der Waals surface area contributed by atoms with Crippen molar-refractivity contribution in [1.29, 1.82) is 0 Å². The number of hydrogen-bond acceptors (Lipinski definition) is 3. The van der Waals surface area contributed by atoms with E-state index in [1.807, 2.05) is 6.07 Å². The zero-order chi connectivity index (χ0) is 9.84. The number of nitrogens with two attached hydrogens (primary N) is 1. The van der Waals surface area contributed by atoms with Crippen LogP contribution in [0.15, 0.2) is 18.2 Å². The standard InChI is InChI=1S/C9H12ClNO2/c1-12-9(13-2)6-3-4-7(10)8(11)5-6/h3-5,9H,11H2,1-2H3. The minimum absolute atomic E-state index is 0.389. The number of anilines is 1. The van der Waals surface area contributed by atoms with E-state index in [0.717, 1.165) is 5.56 Å². The average Bonchev–Trinajstić information content (AvgIpc) is 2.13. The Balaban J connectivity index is 2.95. The predicted octanol–water partition coefficient (Wildman–Crippen LogP) is 2.21. The second kappa shape index (κ2) is 4.46. The predicted molar refractivity (Wildman–Crippen MR) is 52.6 cm³/mol. The molecule has 0 saturated heterocycles. The van der Waals surface area contributed by atoms with Crippen molar-refractivity contribution in [2.75, 3.05) is 20.0 Å². The lowest BCUT2D eigenvalue weighted by Gasteiger charge is -2.14. The van der Waals surface area contributed by atoms with Crippen LogP contribution in [-0.2, 0) is 9.47 Å². The van der Waals surface area contributed by atoms with E-state index in [1.165, 1.54) is 0 Å². The molecule has 0 radical (unpaired) electrons. The number of rotatable bonds is 3. The fourth-order valence-electron chi connectivity index (χ4n) is 1.08. The molecule has 2 N–H and O–H groups in total. The maximum atomic E-state index is 5.77. The van der Waals surface area contributed by atoms with Crippen LogP contribution in [0.5, 0.6) is 0 Å². The Labute approximate surface area is 82.4 Å². The van der Waals surface area contributed by atoms with Gasteiger partial charge >= 0.3 is 0 Å². The van der Waals surface area contributed by atoms with Crippen LogP contribution in [0, 0.1) is 0 Å². The molecule has 0 atom stereocenters. The van der Waals surface area contributed by atoms with E-state index in [9.17, 15) is 0 Å². The quantitative estimate of drug-likeness (QED) is 0.603. The van der Waals surface area contributed by atoms with Gasteiger partial charge in [0.1, 0.15) is 0 Å². The van der Waals surface area contributed by atoms with Crippen LogP contribution in [0.4, 0.5) is 5.69 Å². The van der Waals surface area contributed by atoms with Crippen LogP contribution in [-0.4, -0.2) is 14.2 Å².